The van der Waals surface area contributed by atoms with Gasteiger partial charge in [-0.3, -0.25) is 0 Å². The molecule has 0 spiro atoms. The smallest absolute Gasteiger partial charge is 0.407 e. The van der Waals surface area contributed by atoms with Gasteiger partial charge in [-0.2, -0.15) is 0 Å². The number of hydrogen-bond acceptors (Lipinski definition) is 7. The van der Waals surface area contributed by atoms with E-state index in [1.807, 2.05) is 78.9 Å². The summed E-state index contributed by atoms with van der Waals surface area (Å²) >= 11 is 0. The summed E-state index contributed by atoms with van der Waals surface area (Å²) in [7, 11) is 1.52. The standard InChI is InChI=1S/C33H44BN2O7/c1-32(2,39)33(3,4)43-34-29(26-40-23-22-36-31(38)42-25-28-18-12-9-13-19-28)20-14-6-5-7-15-21-35-30(37)41-24-27-16-10-8-11-17-27/h5-6,8-14,16-20,26,39H,7,15,21-25H2,1-4H3,(H,35,37)(H,36,38). The summed E-state index contributed by atoms with van der Waals surface area (Å²) in [6.07, 6.45) is 9.59. The van der Waals surface area contributed by atoms with E-state index in [1.54, 1.807) is 33.8 Å². The average Bonchev–Trinajstić information content (AvgIpc) is 2.99. The number of alkyl carbamates (subject to hydrolysis) is 2. The molecule has 0 aliphatic rings. The summed E-state index contributed by atoms with van der Waals surface area (Å²) in [6.45, 7) is 8.35. The molecule has 2 amide bonds. The Balaban J connectivity index is 1.73. The number of allylic oxidation sites excluding steroid dienone is 5. The third-order valence-corrected chi connectivity index (χ3v) is 6.45. The maximum absolute atomic E-state index is 11.9. The molecule has 0 aliphatic heterocycles. The molecule has 43 heavy (non-hydrogen) atoms. The second-order valence-corrected chi connectivity index (χ2v) is 10.7. The number of unbranched alkanes of at least 4 members (excludes halogenated alkanes) is 1. The quantitative estimate of drug-likeness (QED) is 0.0872. The predicted octanol–water partition coefficient (Wildman–Crippen LogP) is 5.78. The Morgan fingerprint density at radius 3 is 1.95 bits per heavy atom. The molecule has 0 atom stereocenters. The Morgan fingerprint density at radius 2 is 1.40 bits per heavy atom. The van der Waals surface area contributed by atoms with E-state index in [1.165, 1.54) is 13.7 Å². The number of hydrogen-bond donors (Lipinski definition) is 3. The van der Waals surface area contributed by atoms with Crippen LogP contribution in [0.4, 0.5) is 9.59 Å². The zero-order valence-corrected chi connectivity index (χ0v) is 25.6. The zero-order chi connectivity index (χ0) is 31.4. The lowest BCUT2D eigenvalue weighted by molar-refractivity contribution is -0.0896. The SMILES string of the molecule is CC(C)(O)C(C)(C)O[B]C(C=CC=CCCCNC(=O)OCc1ccccc1)=COCCNC(=O)OCc1ccccc1. The molecule has 0 heterocycles. The van der Waals surface area contributed by atoms with Crippen molar-refractivity contribution >= 4 is 19.7 Å². The molecule has 1 radical (unpaired) electrons. The minimum atomic E-state index is -1.08. The Labute approximate surface area is 256 Å². The first-order valence-corrected chi connectivity index (χ1v) is 14.3. The Kier molecular flexibility index (Phi) is 15.7. The first-order valence-electron chi connectivity index (χ1n) is 14.3. The van der Waals surface area contributed by atoms with Crippen molar-refractivity contribution < 1.29 is 33.6 Å². The fourth-order valence-corrected chi connectivity index (χ4v) is 3.13. The Bertz CT molecular complexity index is 1180. The van der Waals surface area contributed by atoms with Gasteiger partial charge in [-0.25, -0.2) is 9.59 Å². The molecular weight excluding hydrogens is 547 g/mol. The van der Waals surface area contributed by atoms with Gasteiger partial charge in [-0.15, -0.1) is 0 Å². The molecule has 231 valence electrons. The van der Waals surface area contributed by atoms with Gasteiger partial charge in [0.2, 0.25) is 0 Å². The normalized spacial score (nSPS) is 12.3. The molecule has 0 fully saturated rings. The molecule has 10 heteroatoms. The van der Waals surface area contributed by atoms with Gasteiger partial charge in [0.15, 0.2) is 0 Å². The lowest BCUT2D eigenvalue weighted by Crippen LogP contribution is -2.48. The van der Waals surface area contributed by atoms with Crippen LogP contribution in [0.15, 0.2) is 96.7 Å². The first kappa shape index (κ1) is 35.2. The number of carbonyl (C=O) groups is 2. The predicted molar refractivity (Wildman–Crippen MR) is 168 cm³/mol. The van der Waals surface area contributed by atoms with Gasteiger partial charge in [0, 0.05) is 6.54 Å². The summed E-state index contributed by atoms with van der Waals surface area (Å²) < 4.78 is 21.9. The van der Waals surface area contributed by atoms with Gasteiger partial charge in [-0.1, -0.05) is 85.0 Å². The van der Waals surface area contributed by atoms with Crippen molar-refractivity contribution in [2.75, 3.05) is 19.7 Å². The summed E-state index contributed by atoms with van der Waals surface area (Å²) in [5.74, 6) is 0. The molecule has 0 unspecified atom stereocenters. The maximum atomic E-state index is 11.9. The third-order valence-electron chi connectivity index (χ3n) is 6.45. The van der Waals surface area contributed by atoms with Gasteiger partial charge in [0.05, 0.1) is 24.0 Å². The summed E-state index contributed by atoms with van der Waals surface area (Å²) in [5.41, 5.74) is 0.535. The molecule has 0 saturated carbocycles. The molecular formula is C33H44BN2O7. The summed E-state index contributed by atoms with van der Waals surface area (Å²) in [6, 6.07) is 19.0. The number of carbonyl (C=O) groups excluding carboxylic acids is 2. The molecule has 2 aromatic rings. The second-order valence-electron chi connectivity index (χ2n) is 10.7. The highest BCUT2D eigenvalue weighted by Crippen LogP contribution is 2.25. The molecule has 0 saturated heterocycles. The minimum Gasteiger partial charge on any atom is -0.500 e. The molecule has 0 aromatic heterocycles. The Morgan fingerprint density at radius 1 is 0.837 bits per heavy atom. The third kappa shape index (κ3) is 15.7. The summed E-state index contributed by atoms with van der Waals surface area (Å²) in [4.78, 5) is 23.7. The average molecular weight is 592 g/mol. The van der Waals surface area contributed by atoms with Crippen molar-refractivity contribution in [2.45, 2.75) is 65.0 Å². The van der Waals surface area contributed by atoms with Crippen molar-refractivity contribution in [2.24, 2.45) is 0 Å². The highest BCUT2D eigenvalue weighted by atomic mass is 16.6. The summed E-state index contributed by atoms with van der Waals surface area (Å²) in [5, 5.41) is 15.8. The number of ether oxygens (including phenoxy) is 3. The van der Waals surface area contributed by atoms with Gasteiger partial charge in [-0.05, 0) is 57.1 Å². The number of aliphatic hydroxyl groups is 1. The van der Waals surface area contributed by atoms with Crippen LogP contribution in [0.2, 0.25) is 0 Å². The van der Waals surface area contributed by atoms with Gasteiger partial charge in [0.1, 0.15) is 19.8 Å². The number of amides is 2. The van der Waals surface area contributed by atoms with Crippen molar-refractivity contribution in [1.82, 2.24) is 10.6 Å². The lowest BCUT2D eigenvalue weighted by atomic mass is 9.82. The van der Waals surface area contributed by atoms with Gasteiger partial charge >= 0.3 is 19.7 Å². The van der Waals surface area contributed by atoms with Crippen LogP contribution in [0.5, 0.6) is 0 Å². The van der Waals surface area contributed by atoms with E-state index in [-0.39, 0.29) is 26.4 Å². The highest BCUT2D eigenvalue weighted by Gasteiger charge is 2.35. The zero-order valence-electron chi connectivity index (χ0n) is 25.6. The fraction of sp³-hybridized carbons (Fsp3) is 0.394. The number of nitrogens with one attached hydrogen (secondary N) is 2. The van der Waals surface area contributed by atoms with Crippen LogP contribution in [0, 0.1) is 0 Å². The van der Waals surface area contributed by atoms with Crippen molar-refractivity contribution in [3.05, 3.63) is 108 Å². The van der Waals surface area contributed by atoms with Gasteiger partial charge in [0.25, 0.3) is 0 Å². The van der Waals surface area contributed by atoms with Crippen LogP contribution in [0.25, 0.3) is 0 Å². The van der Waals surface area contributed by atoms with Crippen LogP contribution in [0.3, 0.4) is 0 Å². The maximum Gasteiger partial charge on any atom is 0.407 e. The monoisotopic (exact) mass is 591 g/mol. The van der Waals surface area contributed by atoms with Crippen molar-refractivity contribution in [3.63, 3.8) is 0 Å². The van der Waals surface area contributed by atoms with Crippen molar-refractivity contribution in [3.8, 4) is 0 Å². The van der Waals surface area contributed by atoms with Crippen molar-refractivity contribution in [1.29, 1.82) is 0 Å². The molecule has 2 rings (SSSR count). The minimum absolute atomic E-state index is 0.191. The highest BCUT2D eigenvalue weighted by molar-refractivity contribution is 6.39. The van der Waals surface area contributed by atoms with E-state index >= 15 is 0 Å². The van der Waals surface area contributed by atoms with Crippen LogP contribution in [0.1, 0.15) is 51.7 Å². The van der Waals surface area contributed by atoms with Crippen LogP contribution >= 0.6 is 0 Å². The Hall–Kier alpha value is -4.02. The van der Waals surface area contributed by atoms with E-state index in [0.29, 0.717) is 12.0 Å². The lowest BCUT2D eigenvalue weighted by Gasteiger charge is -2.37. The topological polar surface area (TPSA) is 115 Å². The van der Waals surface area contributed by atoms with Crippen LogP contribution < -0.4 is 10.6 Å². The molecule has 0 aliphatic carbocycles. The van der Waals surface area contributed by atoms with E-state index in [4.69, 9.17) is 18.9 Å². The molecule has 2 aromatic carbocycles. The largest absolute Gasteiger partial charge is 0.500 e. The molecule has 0 bridgehead atoms. The van der Waals surface area contributed by atoms with E-state index in [0.717, 1.165) is 24.0 Å². The first-order chi connectivity index (χ1) is 20.6. The van der Waals surface area contributed by atoms with E-state index in [2.05, 4.69) is 10.6 Å². The number of benzene rings is 2. The fourth-order valence-electron chi connectivity index (χ4n) is 3.13. The van der Waals surface area contributed by atoms with Crippen LogP contribution in [-0.2, 0) is 32.1 Å². The van der Waals surface area contributed by atoms with Crippen LogP contribution in [-0.4, -0.2) is 55.7 Å². The van der Waals surface area contributed by atoms with E-state index < -0.39 is 23.4 Å². The van der Waals surface area contributed by atoms with E-state index in [9.17, 15) is 14.7 Å². The second kappa shape index (κ2) is 19.2. The van der Waals surface area contributed by atoms with Gasteiger partial charge < -0.3 is 34.6 Å². The number of rotatable bonds is 18. The molecule has 9 nitrogen and oxygen atoms in total. The molecule has 3 N–H and O–H groups in total.